The molecule has 1 amide bonds. The van der Waals surface area contributed by atoms with Crippen molar-refractivity contribution in [2.24, 2.45) is 5.73 Å². The number of amides is 1. The average molecular weight is 213 g/mol. The third-order valence-corrected chi connectivity index (χ3v) is 1.55. The van der Waals surface area contributed by atoms with Crippen LogP contribution < -0.4 is 11.1 Å². The highest BCUT2D eigenvalue weighted by atomic mass is 19.1. The van der Waals surface area contributed by atoms with Crippen molar-refractivity contribution in [2.45, 2.75) is 0 Å². The molecule has 0 spiro atoms. The lowest BCUT2D eigenvalue weighted by Gasteiger charge is -2.05. The number of rotatable bonds is 6. The molecule has 0 aromatic carbocycles. The fraction of sp³-hybridized carbons (Fsp3) is 0.333. The normalized spacial score (nSPS) is 9.93. The second-order valence-corrected chi connectivity index (χ2v) is 2.81. The standard InChI is InChI=1S/C9H12FN3O2/c10-8-5-7(1-2-13-8)12-3-4-15-6-9(11)14/h1-2,5H,3-4,6H2,(H2,11,14)(H,12,13). The fourth-order valence-corrected chi connectivity index (χ4v) is 0.953. The van der Waals surface area contributed by atoms with E-state index in [9.17, 15) is 9.18 Å². The summed E-state index contributed by atoms with van der Waals surface area (Å²) < 4.78 is 17.5. The number of aromatic nitrogens is 1. The molecule has 0 aliphatic carbocycles. The number of primary amides is 1. The third-order valence-electron chi connectivity index (χ3n) is 1.55. The monoisotopic (exact) mass is 213 g/mol. The van der Waals surface area contributed by atoms with Gasteiger partial charge < -0.3 is 15.8 Å². The minimum absolute atomic E-state index is 0.105. The summed E-state index contributed by atoms with van der Waals surface area (Å²) in [6.07, 6.45) is 1.36. The molecule has 0 radical (unpaired) electrons. The van der Waals surface area contributed by atoms with Crippen molar-refractivity contribution in [3.8, 4) is 0 Å². The van der Waals surface area contributed by atoms with E-state index in [0.29, 0.717) is 18.8 Å². The van der Waals surface area contributed by atoms with Gasteiger partial charge in [-0.25, -0.2) is 4.98 Å². The molecule has 1 rings (SSSR count). The number of hydrogen-bond acceptors (Lipinski definition) is 4. The molecular weight excluding hydrogens is 201 g/mol. The van der Waals surface area contributed by atoms with Gasteiger partial charge in [0.2, 0.25) is 11.9 Å². The van der Waals surface area contributed by atoms with E-state index in [4.69, 9.17) is 10.5 Å². The van der Waals surface area contributed by atoms with Crippen molar-refractivity contribution >= 4 is 11.6 Å². The van der Waals surface area contributed by atoms with Crippen LogP contribution in [0.5, 0.6) is 0 Å². The van der Waals surface area contributed by atoms with Gasteiger partial charge in [-0.1, -0.05) is 0 Å². The summed E-state index contributed by atoms with van der Waals surface area (Å²) in [5.41, 5.74) is 5.48. The lowest BCUT2D eigenvalue weighted by atomic mass is 10.4. The smallest absolute Gasteiger partial charge is 0.243 e. The van der Waals surface area contributed by atoms with E-state index in [2.05, 4.69) is 10.3 Å². The largest absolute Gasteiger partial charge is 0.383 e. The summed E-state index contributed by atoms with van der Waals surface area (Å²) in [5.74, 6) is -1.05. The minimum atomic E-state index is -0.543. The van der Waals surface area contributed by atoms with Gasteiger partial charge in [0, 0.05) is 24.5 Å². The highest BCUT2D eigenvalue weighted by Crippen LogP contribution is 2.05. The average Bonchev–Trinajstić information content (AvgIpc) is 2.17. The van der Waals surface area contributed by atoms with E-state index in [1.165, 1.54) is 12.3 Å². The molecule has 0 unspecified atom stereocenters. The van der Waals surface area contributed by atoms with Gasteiger partial charge in [-0.05, 0) is 6.07 Å². The van der Waals surface area contributed by atoms with E-state index in [0.717, 1.165) is 0 Å². The first-order valence-corrected chi connectivity index (χ1v) is 4.40. The van der Waals surface area contributed by atoms with Crippen LogP contribution in [-0.2, 0) is 9.53 Å². The molecule has 0 fully saturated rings. The van der Waals surface area contributed by atoms with Crippen molar-refractivity contribution in [2.75, 3.05) is 25.1 Å². The number of nitrogens with zero attached hydrogens (tertiary/aromatic N) is 1. The molecule has 15 heavy (non-hydrogen) atoms. The van der Waals surface area contributed by atoms with E-state index in [-0.39, 0.29) is 6.61 Å². The van der Waals surface area contributed by atoms with Crippen LogP contribution in [0.4, 0.5) is 10.1 Å². The summed E-state index contributed by atoms with van der Waals surface area (Å²) in [5, 5.41) is 2.90. The lowest BCUT2D eigenvalue weighted by Crippen LogP contribution is -2.20. The molecule has 6 heteroatoms. The number of hydrogen-bond donors (Lipinski definition) is 2. The van der Waals surface area contributed by atoms with Crippen molar-refractivity contribution in [1.29, 1.82) is 0 Å². The van der Waals surface area contributed by atoms with Crippen LogP contribution in [0.3, 0.4) is 0 Å². The topological polar surface area (TPSA) is 77.2 Å². The van der Waals surface area contributed by atoms with Crippen molar-refractivity contribution < 1.29 is 13.9 Å². The molecule has 82 valence electrons. The molecule has 3 N–H and O–H groups in total. The molecule has 0 aliphatic heterocycles. The van der Waals surface area contributed by atoms with Crippen LogP contribution in [0, 0.1) is 5.95 Å². The summed E-state index contributed by atoms with van der Waals surface area (Å²) in [6, 6.07) is 2.91. The van der Waals surface area contributed by atoms with Gasteiger partial charge >= 0.3 is 0 Å². The highest BCUT2D eigenvalue weighted by Gasteiger charge is 1.96. The predicted molar refractivity (Wildman–Crippen MR) is 52.7 cm³/mol. The van der Waals surface area contributed by atoms with Crippen LogP contribution >= 0.6 is 0 Å². The van der Waals surface area contributed by atoms with Gasteiger partial charge in [-0.3, -0.25) is 4.79 Å². The SMILES string of the molecule is NC(=O)COCCNc1ccnc(F)c1. The Bertz CT molecular complexity index is 333. The Labute approximate surface area is 86.4 Å². The molecule has 0 bridgehead atoms. The third kappa shape index (κ3) is 4.92. The molecule has 5 nitrogen and oxygen atoms in total. The zero-order chi connectivity index (χ0) is 11.1. The number of ether oxygens (including phenoxy) is 1. The first-order valence-electron chi connectivity index (χ1n) is 4.40. The summed E-state index contributed by atoms with van der Waals surface area (Å²) >= 11 is 0. The molecule has 0 atom stereocenters. The van der Waals surface area contributed by atoms with Crippen molar-refractivity contribution in [3.63, 3.8) is 0 Å². The summed E-state index contributed by atoms with van der Waals surface area (Å²) in [6.45, 7) is 0.690. The Kier molecular flexibility index (Phi) is 4.49. The maximum absolute atomic E-state index is 12.6. The lowest BCUT2D eigenvalue weighted by molar-refractivity contribution is -0.122. The van der Waals surface area contributed by atoms with Crippen molar-refractivity contribution in [1.82, 2.24) is 4.98 Å². The number of pyridine rings is 1. The van der Waals surface area contributed by atoms with Gasteiger partial charge in [-0.2, -0.15) is 4.39 Å². The van der Waals surface area contributed by atoms with Crippen LogP contribution in [0.1, 0.15) is 0 Å². The van der Waals surface area contributed by atoms with Crippen LogP contribution in [0.25, 0.3) is 0 Å². The Hall–Kier alpha value is -1.69. The molecule has 1 aromatic heterocycles. The van der Waals surface area contributed by atoms with Crippen LogP contribution in [0.2, 0.25) is 0 Å². The van der Waals surface area contributed by atoms with Gasteiger partial charge in [0.05, 0.1) is 6.61 Å². The number of carbonyl (C=O) groups is 1. The molecule has 1 aromatic rings. The maximum Gasteiger partial charge on any atom is 0.243 e. The Balaban J connectivity index is 2.17. The Morgan fingerprint density at radius 1 is 1.67 bits per heavy atom. The van der Waals surface area contributed by atoms with E-state index < -0.39 is 11.9 Å². The Morgan fingerprint density at radius 2 is 2.47 bits per heavy atom. The van der Waals surface area contributed by atoms with Gasteiger partial charge in [0.25, 0.3) is 0 Å². The number of anilines is 1. The van der Waals surface area contributed by atoms with Gasteiger partial charge in [0.1, 0.15) is 6.61 Å². The first-order chi connectivity index (χ1) is 7.18. The fourth-order valence-electron chi connectivity index (χ4n) is 0.953. The number of carbonyl (C=O) groups excluding carboxylic acids is 1. The van der Waals surface area contributed by atoms with Gasteiger partial charge in [0.15, 0.2) is 0 Å². The molecular formula is C9H12FN3O2. The zero-order valence-electron chi connectivity index (χ0n) is 8.07. The van der Waals surface area contributed by atoms with E-state index >= 15 is 0 Å². The predicted octanol–water partition coefficient (Wildman–Crippen LogP) is 0.134. The van der Waals surface area contributed by atoms with E-state index in [1.54, 1.807) is 6.07 Å². The first kappa shape index (κ1) is 11.4. The second kappa shape index (κ2) is 5.92. The number of nitrogens with one attached hydrogen (secondary N) is 1. The molecule has 0 saturated heterocycles. The van der Waals surface area contributed by atoms with E-state index in [1.807, 2.05) is 0 Å². The quantitative estimate of drug-likeness (QED) is 0.520. The van der Waals surface area contributed by atoms with Crippen LogP contribution in [0.15, 0.2) is 18.3 Å². The molecule has 0 saturated carbocycles. The molecule has 0 aliphatic rings. The van der Waals surface area contributed by atoms with Gasteiger partial charge in [-0.15, -0.1) is 0 Å². The summed E-state index contributed by atoms with van der Waals surface area (Å²) in [4.78, 5) is 13.7. The maximum atomic E-state index is 12.6. The van der Waals surface area contributed by atoms with Crippen molar-refractivity contribution in [3.05, 3.63) is 24.3 Å². The van der Waals surface area contributed by atoms with Crippen LogP contribution in [-0.4, -0.2) is 30.6 Å². The minimum Gasteiger partial charge on any atom is -0.383 e. The second-order valence-electron chi connectivity index (χ2n) is 2.81. The molecule has 1 heterocycles. The highest BCUT2D eigenvalue weighted by molar-refractivity contribution is 5.74. The number of nitrogens with two attached hydrogens (primary N) is 1. The Morgan fingerprint density at radius 3 is 3.13 bits per heavy atom. The zero-order valence-corrected chi connectivity index (χ0v) is 8.07. The summed E-state index contributed by atoms with van der Waals surface area (Å²) in [7, 11) is 0. The number of halogens is 1.